The second-order valence-electron chi connectivity index (χ2n) is 6.20. The molecule has 2 aromatic carbocycles. The Hall–Kier alpha value is -2.74. The summed E-state index contributed by atoms with van der Waals surface area (Å²) in [5.41, 5.74) is 0.221. The molecule has 0 saturated heterocycles. The summed E-state index contributed by atoms with van der Waals surface area (Å²) < 4.78 is 57.0. The average molecular weight is 379 g/mol. The van der Waals surface area contributed by atoms with Gasteiger partial charge in [-0.2, -0.15) is 18.2 Å². The Bertz CT molecular complexity index is 906. The maximum Gasteiger partial charge on any atom is 0.416 e. The molecular formula is C19H17F4N3O. The molecule has 142 valence electrons. The minimum atomic E-state index is -4.40. The molecule has 1 aromatic heterocycles. The van der Waals surface area contributed by atoms with E-state index in [4.69, 9.17) is 4.52 Å². The Morgan fingerprint density at radius 2 is 1.74 bits per heavy atom. The van der Waals surface area contributed by atoms with Crippen LogP contribution >= 0.6 is 0 Å². The Morgan fingerprint density at radius 1 is 1.07 bits per heavy atom. The van der Waals surface area contributed by atoms with Crippen LogP contribution in [0.2, 0.25) is 0 Å². The third-order valence-corrected chi connectivity index (χ3v) is 4.34. The predicted octanol–water partition coefficient (Wildman–Crippen LogP) is 5.09. The Morgan fingerprint density at radius 3 is 2.37 bits per heavy atom. The van der Waals surface area contributed by atoms with Crippen LogP contribution in [-0.4, -0.2) is 22.1 Å². The predicted molar refractivity (Wildman–Crippen MR) is 91.0 cm³/mol. The van der Waals surface area contributed by atoms with Gasteiger partial charge in [0.1, 0.15) is 5.82 Å². The van der Waals surface area contributed by atoms with Gasteiger partial charge in [0, 0.05) is 17.2 Å². The van der Waals surface area contributed by atoms with Crippen molar-refractivity contribution in [1.82, 2.24) is 15.0 Å². The molecule has 4 nitrogen and oxygen atoms in total. The summed E-state index contributed by atoms with van der Waals surface area (Å²) >= 11 is 0. The van der Waals surface area contributed by atoms with Crippen molar-refractivity contribution in [2.45, 2.75) is 25.7 Å². The third-order valence-electron chi connectivity index (χ3n) is 4.34. The first-order valence-electron chi connectivity index (χ1n) is 8.20. The van der Waals surface area contributed by atoms with Crippen molar-refractivity contribution in [3.05, 3.63) is 71.4 Å². The number of alkyl halides is 3. The number of rotatable bonds is 5. The number of hydrogen-bond acceptors (Lipinski definition) is 4. The standard InChI is InChI=1S/C19H17F4N3O/c1-12(15-5-3-4-6-16(15)20)26(2)11-17-24-18(25-27-17)13-7-9-14(10-8-13)19(21,22)23/h3-10,12H,11H2,1-2H3. The van der Waals surface area contributed by atoms with Gasteiger partial charge in [-0.3, -0.25) is 4.90 Å². The molecule has 0 aliphatic rings. The number of aromatic nitrogens is 2. The molecule has 27 heavy (non-hydrogen) atoms. The van der Waals surface area contributed by atoms with Crippen LogP contribution in [0, 0.1) is 5.82 Å². The summed E-state index contributed by atoms with van der Waals surface area (Å²) in [6.07, 6.45) is -4.40. The molecule has 0 spiro atoms. The van der Waals surface area contributed by atoms with E-state index in [0.29, 0.717) is 11.1 Å². The van der Waals surface area contributed by atoms with Crippen LogP contribution in [0.25, 0.3) is 11.4 Å². The van der Waals surface area contributed by atoms with Gasteiger partial charge in [0.25, 0.3) is 0 Å². The first-order chi connectivity index (χ1) is 12.8. The minimum absolute atomic E-state index is 0.200. The summed E-state index contributed by atoms with van der Waals surface area (Å²) in [5, 5.41) is 3.81. The van der Waals surface area contributed by atoms with Crippen molar-refractivity contribution in [1.29, 1.82) is 0 Å². The van der Waals surface area contributed by atoms with Crippen LogP contribution in [0.4, 0.5) is 17.6 Å². The smallest absolute Gasteiger partial charge is 0.338 e. The van der Waals surface area contributed by atoms with Gasteiger partial charge in [-0.05, 0) is 32.2 Å². The Labute approximate surface area is 153 Å². The molecule has 1 heterocycles. The molecule has 0 bridgehead atoms. The van der Waals surface area contributed by atoms with Crippen LogP contribution in [0.15, 0.2) is 53.1 Å². The zero-order valence-corrected chi connectivity index (χ0v) is 14.7. The fourth-order valence-corrected chi connectivity index (χ4v) is 2.65. The highest BCUT2D eigenvalue weighted by atomic mass is 19.4. The fraction of sp³-hybridized carbons (Fsp3) is 0.263. The van der Waals surface area contributed by atoms with Gasteiger partial charge >= 0.3 is 6.18 Å². The largest absolute Gasteiger partial charge is 0.416 e. The summed E-state index contributed by atoms with van der Waals surface area (Å²) in [6, 6.07) is 10.8. The maximum atomic E-state index is 13.9. The fourth-order valence-electron chi connectivity index (χ4n) is 2.65. The molecule has 0 amide bonds. The molecule has 0 aliphatic heterocycles. The van der Waals surface area contributed by atoms with Crippen molar-refractivity contribution < 1.29 is 22.1 Å². The van der Waals surface area contributed by atoms with Crippen molar-refractivity contribution in [3.63, 3.8) is 0 Å². The SMILES string of the molecule is CC(c1ccccc1F)N(C)Cc1nc(-c2ccc(C(F)(F)F)cc2)no1. The number of halogens is 4. The molecule has 1 atom stereocenters. The van der Waals surface area contributed by atoms with Crippen LogP contribution in [-0.2, 0) is 12.7 Å². The van der Waals surface area contributed by atoms with Gasteiger partial charge in [-0.15, -0.1) is 0 Å². The molecule has 1 unspecified atom stereocenters. The van der Waals surface area contributed by atoms with E-state index in [1.807, 2.05) is 11.8 Å². The van der Waals surface area contributed by atoms with Crippen LogP contribution in [0.5, 0.6) is 0 Å². The van der Waals surface area contributed by atoms with Crippen molar-refractivity contribution in [2.75, 3.05) is 7.05 Å². The summed E-state index contributed by atoms with van der Waals surface area (Å²) in [4.78, 5) is 6.05. The van der Waals surface area contributed by atoms with Crippen LogP contribution in [0.1, 0.15) is 30.0 Å². The van der Waals surface area contributed by atoms with Crippen molar-refractivity contribution in [3.8, 4) is 11.4 Å². The normalized spacial score (nSPS) is 13.1. The summed E-state index contributed by atoms with van der Waals surface area (Å²) in [6.45, 7) is 2.12. The Balaban J connectivity index is 1.71. The lowest BCUT2D eigenvalue weighted by Gasteiger charge is -2.23. The molecule has 0 fully saturated rings. The second kappa shape index (κ2) is 7.48. The molecule has 0 aliphatic carbocycles. The van der Waals surface area contributed by atoms with E-state index in [1.54, 1.807) is 25.2 Å². The van der Waals surface area contributed by atoms with Gasteiger partial charge in [-0.1, -0.05) is 35.5 Å². The van der Waals surface area contributed by atoms with Crippen LogP contribution in [0.3, 0.4) is 0 Å². The van der Waals surface area contributed by atoms with E-state index in [9.17, 15) is 17.6 Å². The number of benzene rings is 2. The summed E-state index contributed by atoms with van der Waals surface area (Å²) in [7, 11) is 1.79. The quantitative estimate of drug-likeness (QED) is 0.579. The topological polar surface area (TPSA) is 42.2 Å². The molecule has 0 radical (unpaired) electrons. The molecular weight excluding hydrogens is 362 g/mol. The maximum absolute atomic E-state index is 13.9. The first kappa shape index (κ1) is 19.0. The lowest BCUT2D eigenvalue weighted by molar-refractivity contribution is -0.137. The van der Waals surface area contributed by atoms with Crippen molar-refractivity contribution >= 4 is 0 Å². The van der Waals surface area contributed by atoms with E-state index < -0.39 is 11.7 Å². The van der Waals surface area contributed by atoms with Crippen LogP contribution < -0.4 is 0 Å². The van der Waals surface area contributed by atoms with Crippen molar-refractivity contribution in [2.24, 2.45) is 0 Å². The van der Waals surface area contributed by atoms with E-state index in [1.165, 1.54) is 18.2 Å². The molecule has 0 saturated carbocycles. The minimum Gasteiger partial charge on any atom is -0.338 e. The zero-order valence-electron chi connectivity index (χ0n) is 14.7. The third kappa shape index (κ3) is 4.33. The monoisotopic (exact) mass is 379 g/mol. The van der Waals surface area contributed by atoms with Gasteiger partial charge in [0.05, 0.1) is 12.1 Å². The highest BCUT2D eigenvalue weighted by Crippen LogP contribution is 2.30. The van der Waals surface area contributed by atoms with Gasteiger partial charge in [-0.25, -0.2) is 4.39 Å². The van der Waals surface area contributed by atoms with E-state index >= 15 is 0 Å². The number of hydrogen-bond donors (Lipinski definition) is 0. The van der Waals surface area contributed by atoms with Gasteiger partial charge in [0.2, 0.25) is 11.7 Å². The van der Waals surface area contributed by atoms with Gasteiger partial charge < -0.3 is 4.52 Å². The van der Waals surface area contributed by atoms with E-state index in [0.717, 1.165) is 12.1 Å². The van der Waals surface area contributed by atoms with E-state index in [2.05, 4.69) is 10.1 Å². The first-order valence-corrected chi connectivity index (χ1v) is 8.20. The molecule has 3 aromatic rings. The van der Waals surface area contributed by atoms with E-state index in [-0.39, 0.29) is 30.1 Å². The highest BCUT2D eigenvalue weighted by molar-refractivity contribution is 5.54. The molecule has 3 rings (SSSR count). The highest BCUT2D eigenvalue weighted by Gasteiger charge is 2.30. The zero-order chi connectivity index (χ0) is 19.6. The Kier molecular flexibility index (Phi) is 5.27. The van der Waals surface area contributed by atoms with Gasteiger partial charge in [0.15, 0.2) is 0 Å². The molecule has 0 N–H and O–H groups in total. The average Bonchev–Trinajstić information content (AvgIpc) is 3.09. The second-order valence-corrected chi connectivity index (χ2v) is 6.20. The molecule has 8 heteroatoms. The number of nitrogens with zero attached hydrogens (tertiary/aromatic N) is 3. The lowest BCUT2D eigenvalue weighted by atomic mass is 10.1. The summed E-state index contributed by atoms with van der Waals surface area (Å²) in [5.74, 6) is 0.189. The lowest BCUT2D eigenvalue weighted by Crippen LogP contribution is -2.22.